The predicted molar refractivity (Wildman–Crippen MR) is 126 cm³/mol. The second-order valence-electron chi connectivity index (χ2n) is 8.28. The minimum Gasteiger partial charge on any atom is -0.368 e. The van der Waals surface area contributed by atoms with Crippen LogP contribution in [0, 0.1) is 13.8 Å². The molecule has 0 saturated carbocycles. The molecule has 1 atom stereocenters. The van der Waals surface area contributed by atoms with Crippen molar-refractivity contribution in [3.05, 3.63) is 47.5 Å². The van der Waals surface area contributed by atoms with E-state index in [4.69, 9.17) is 0 Å². The number of hydrogen-bond donors (Lipinski definition) is 2. The number of nitrogens with zero attached hydrogens (tertiary/aromatic N) is 5. The van der Waals surface area contributed by atoms with Crippen LogP contribution in [0.4, 0.5) is 22.0 Å². The molecule has 0 aromatic carbocycles. The number of piperazine rings is 1. The lowest BCUT2D eigenvalue weighted by atomic mass is 10.1. The average Bonchev–Trinajstić information content (AvgIpc) is 3.30. The molecule has 9 heteroatoms. The van der Waals surface area contributed by atoms with Crippen LogP contribution in [0.1, 0.15) is 23.7 Å². The van der Waals surface area contributed by atoms with Gasteiger partial charge in [-0.15, -0.1) is 12.4 Å². The molecule has 1 saturated heterocycles. The predicted octanol–water partition coefficient (Wildman–Crippen LogP) is 3.16. The molecule has 0 radical (unpaired) electrons. The smallest absolute Gasteiger partial charge is 0.327 e. The van der Waals surface area contributed by atoms with Crippen molar-refractivity contribution < 1.29 is 4.79 Å². The summed E-state index contributed by atoms with van der Waals surface area (Å²) < 4.78 is 1.94. The van der Waals surface area contributed by atoms with Crippen molar-refractivity contribution in [2.75, 3.05) is 41.3 Å². The Balaban J connectivity index is 0.00000231. The summed E-state index contributed by atoms with van der Waals surface area (Å²) in [5, 5.41) is 6.56. The molecule has 2 N–H and O–H groups in total. The molecule has 0 unspecified atom stereocenters. The first kappa shape index (κ1) is 21.4. The van der Waals surface area contributed by atoms with Gasteiger partial charge in [-0.1, -0.05) is 0 Å². The quantitative estimate of drug-likeness (QED) is 0.638. The summed E-state index contributed by atoms with van der Waals surface area (Å²) in [5.74, 6) is 0.772. The van der Waals surface area contributed by atoms with E-state index in [0.29, 0.717) is 12.6 Å². The van der Waals surface area contributed by atoms with Crippen LogP contribution in [0.5, 0.6) is 0 Å². The Bertz CT molecular complexity index is 1130. The first-order chi connectivity index (χ1) is 14.5. The Morgan fingerprint density at radius 1 is 1.26 bits per heavy atom. The normalized spacial score (nSPS) is 18.1. The molecule has 2 aliphatic rings. The van der Waals surface area contributed by atoms with Gasteiger partial charge in [0.1, 0.15) is 11.5 Å². The maximum atomic E-state index is 13.1. The number of imidazole rings is 1. The van der Waals surface area contributed by atoms with Crippen LogP contribution in [0.15, 0.2) is 30.7 Å². The van der Waals surface area contributed by atoms with Gasteiger partial charge in [-0.3, -0.25) is 4.90 Å². The van der Waals surface area contributed by atoms with E-state index in [9.17, 15) is 4.79 Å². The highest BCUT2D eigenvalue weighted by Gasteiger charge is 2.30. The molecular formula is C22H28ClN7O. The second kappa shape index (κ2) is 8.36. The van der Waals surface area contributed by atoms with Crippen molar-refractivity contribution in [2.45, 2.75) is 33.2 Å². The first-order valence-corrected chi connectivity index (χ1v) is 10.5. The molecular weight excluding hydrogens is 414 g/mol. The van der Waals surface area contributed by atoms with E-state index in [1.165, 1.54) is 11.3 Å². The van der Waals surface area contributed by atoms with Crippen molar-refractivity contribution in [3.63, 3.8) is 0 Å². The Morgan fingerprint density at radius 2 is 2.10 bits per heavy atom. The molecule has 164 valence electrons. The van der Waals surface area contributed by atoms with E-state index < -0.39 is 0 Å². The van der Waals surface area contributed by atoms with Gasteiger partial charge in [-0.25, -0.2) is 14.8 Å². The zero-order valence-corrected chi connectivity index (χ0v) is 18.9. The second-order valence-corrected chi connectivity index (χ2v) is 8.28. The maximum Gasteiger partial charge on any atom is 0.327 e. The summed E-state index contributed by atoms with van der Waals surface area (Å²) in [6, 6.07) is 4.37. The van der Waals surface area contributed by atoms with Crippen LogP contribution in [0.25, 0.3) is 5.65 Å². The van der Waals surface area contributed by atoms with Gasteiger partial charge < -0.3 is 19.9 Å². The van der Waals surface area contributed by atoms with Crippen LogP contribution >= 0.6 is 12.4 Å². The third-order valence-corrected chi connectivity index (χ3v) is 5.97. The summed E-state index contributed by atoms with van der Waals surface area (Å²) in [4.78, 5) is 26.3. The topological polar surface area (TPSA) is 77.8 Å². The minimum absolute atomic E-state index is 0. The number of urea groups is 1. The Labute approximate surface area is 188 Å². The molecule has 5 heterocycles. The van der Waals surface area contributed by atoms with Crippen molar-refractivity contribution >= 4 is 41.3 Å². The Kier molecular flexibility index (Phi) is 5.77. The molecule has 0 aliphatic carbocycles. The number of rotatable bonds is 2. The largest absolute Gasteiger partial charge is 0.368 e. The third kappa shape index (κ3) is 3.93. The number of amides is 2. The fourth-order valence-corrected chi connectivity index (χ4v) is 4.49. The molecule has 2 aliphatic heterocycles. The highest BCUT2D eigenvalue weighted by atomic mass is 35.5. The van der Waals surface area contributed by atoms with Crippen LogP contribution in [-0.2, 0) is 6.42 Å². The van der Waals surface area contributed by atoms with E-state index in [0.717, 1.165) is 54.5 Å². The highest BCUT2D eigenvalue weighted by molar-refractivity contribution is 6.03. The SMILES string of the molecule is Cc1cn2cc(NC(=O)N3CCc4c(N5CCN[C@H](C)C5)ccnc43)c(C)cc2n1.Cl. The standard InChI is InChI=1S/C22H27N7O.ClH/c1-14-10-20-25-16(3)12-28(20)13-18(14)26-22(30)29-8-5-17-19(4-6-24-21(17)29)27-9-7-23-15(2)11-27;/h4,6,10,12-13,15,23H,5,7-9,11H2,1-3H3,(H,26,30);1H/t15-;/m1./s1. The lowest BCUT2D eigenvalue weighted by Crippen LogP contribution is -2.49. The molecule has 3 aromatic heterocycles. The number of hydrogen-bond acceptors (Lipinski definition) is 5. The number of carbonyl (C=O) groups excluding carboxylic acids is 1. The summed E-state index contributed by atoms with van der Waals surface area (Å²) in [6.45, 7) is 9.69. The van der Waals surface area contributed by atoms with Crippen molar-refractivity contribution in [2.24, 2.45) is 0 Å². The highest BCUT2D eigenvalue weighted by Crippen LogP contribution is 2.34. The van der Waals surface area contributed by atoms with Gasteiger partial charge in [0.15, 0.2) is 0 Å². The molecule has 5 rings (SSSR count). The number of aryl methyl sites for hydroxylation is 2. The number of carbonyl (C=O) groups is 1. The van der Waals surface area contributed by atoms with Crippen molar-refractivity contribution in [3.8, 4) is 0 Å². The molecule has 0 spiro atoms. The molecule has 0 bridgehead atoms. The first-order valence-electron chi connectivity index (χ1n) is 10.5. The monoisotopic (exact) mass is 441 g/mol. The van der Waals surface area contributed by atoms with Gasteiger partial charge >= 0.3 is 6.03 Å². The zero-order valence-electron chi connectivity index (χ0n) is 18.1. The van der Waals surface area contributed by atoms with E-state index >= 15 is 0 Å². The summed E-state index contributed by atoms with van der Waals surface area (Å²) in [6.07, 6.45) is 6.52. The Morgan fingerprint density at radius 3 is 2.90 bits per heavy atom. The van der Waals surface area contributed by atoms with Crippen LogP contribution in [0.3, 0.4) is 0 Å². The molecule has 1 fully saturated rings. The van der Waals surface area contributed by atoms with Gasteiger partial charge in [-0.2, -0.15) is 0 Å². The molecule has 31 heavy (non-hydrogen) atoms. The number of nitrogens with one attached hydrogen (secondary N) is 2. The molecule has 3 aromatic rings. The lowest BCUT2D eigenvalue weighted by Gasteiger charge is -2.34. The van der Waals surface area contributed by atoms with Gasteiger partial charge in [-0.05, 0) is 44.9 Å². The van der Waals surface area contributed by atoms with Gasteiger partial charge in [0.25, 0.3) is 0 Å². The fourth-order valence-electron chi connectivity index (χ4n) is 4.49. The third-order valence-electron chi connectivity index (χ3n) is 5.97. The number of anilines is 3. The minimum atomic E-state index is -0.147. The van der Waals surface area contributed by atoms with E-state index in [1.54, 1.807) is 4.90 Å². The maximum absolute atomic E-state index is 13.1. The van der Waals surface area contributed by atoms with E-state index in [1.807, 2.05) is 42.9 Å². The summed E-state index contributed by atoms with van der Waals surface area (Å²) in [7, 11) is 0. The van der Waals surface area contributed by atoms with Gasteiger partial charge in [0.2, 0.25) is 0 Å². The van der Waals surface area contributed by atoms with Crippen LogP contribution < -0.4 is 20.4 Å². The van der Waals surface area contributed by atoms with Crippen molar-refractivity contribution in [1.29, 1.82) is 0 Å². The number of fused-ring (bicyclic) bond motifs is 2. The number of pyridine rings is 2. The van der Waals surface area contributed by atoms with E-state index in [2.05, 4.69) is 38.5 Å². The zero-order chi connectivity index (χ0) is 20.8. The van der Waals surface area contributed by atoms with Crippen LogP contribution in [-0.4, -0.2) is 52.6 Å². The van der Waals surface area contributed by atoms with Crippen molar-refractivity contribution in [1.82, 2.24) is 19.7 Å². The van der Waals surface area contributed by atoms with Gasteiger partial charge in [0.05, 0.1) is 11.4 Å². The summed E-state index contributed by atoms with van der Waals surface area (Å²) >= 11 is 0. The lowest BCUT2D eigenvalue weighted by molar-refractivity contribution is 0.257. The summed E-state index contributed by atoms with van der Waals surface area (Å²) in [5.41, 5.74) is 5.97. The number of aromatic nitrogens is 3. The van der Waals surface area contributed by atoms with Gasteiger partial charge in [0, 0.05) is 62.1 Å². The molecule has 8 nitrogen and oxygen atoms in total. The Hall–Kier alpha value is -2.84. The fraction of sp³-hybridized carbons (Fsp3) is 0.409. The van der Waals surface area contributed by atoms with Crippen LogP contribution in [0.2, 0.25) is 0 Å². The molecule has 2 amide bonds. The van der Waals surface area contributed by atoms with E-state index in [-0.39, 0.29) is 18.4 Å². The average molecular weight is 442 g/mol. The number of halogens is 1.